The number of benzene rings is 1. The topological polar surface area (TPSA) is 67.6 Å². The molecule has 0 heterocycles. The lowest BCUT2D eigenvalue weighted by molar-refractivity contribution is 0.0991. The Hall–Kier alpha value is -1.59. The fraction of sp³-hybridized carbons (Fsp3) is 0.562. The van der Waals surface area contributed by atoms with Gasteiger partial charge in [0.15, 0.2) is 5.78 Å². The van der Waals surface area contributed by atoms with Gasteiger partial charge in [-0.15, -0.1) is 0 Å². The standard InChI is InChI=1S/C16H27N3O2/c1-4-19(5-2)10-6-9-18-12-15(20)13-7-8-16(21-3)14(17)11-13/h7-8,11,18H,4-6,9-10,12,17H2,1-3H3. The molecule has 1 rings (SSSR count). The van der Waals surface area contributed by atoms with Crippen molar-refractivity contribution in [2.24, 2.45) is 0 Å². The van der Waals surface area contributed by atoms with E-state index in [0.29, 0.717) is 23.5 Å². The monoisotopic (exact) mass is 293 g/mol. The lowest BCUT2D eigenvalue weighted by Gasteiger charge is -2.17. The molecule has 0 saturated carbocycles. The zero-order valence-corrected chi connectivity index (χ0v) is 13.3. The second-order valence-electron chi connectivity index (χ2n) is 4.94. The van der Waals surface area contributed by atoms with Crippen LogP contribution < -0.4 is 15.8 Å². The van der Waals surface area contributed by atoms with E-state index in [9.17, 15) is 4.79 Å². The molecule has 1 aromatic carbocycles. The summed E-state index contributed by atoms with van der Waals surface area (Å²) in [6.45, 7) is 8.70. The van der Waals surface area contributed by atoms with Crippen molar-refractivity contribution in [1.29, 1.82) is 0 Å². The zero-order chi connectivity index (χ0) is 15.7. The van der Waals surface area contributed by atoms with Gasteiger partial charge in [-0.05, 0) is 50.8 Å². The number of nitrogen functional groups attached to an aromatic ring is 1. The highest BCUT2D eigenvalue weighted by Crippen LogP contribution is 2.21. The second kappa shape index (κ2) is 9.37. The molecule has 5 heteroatoms. The van der Waals surface area contributed by atoms with E-state index in [1.54, 1.807) is 25.3 Å². The van der Waals surface area contributed by atoms with Gasteiger partial charge >= 0.3 is 0 Å². The van der Waals surface area contributed by atoms with Crippen LogP contribution in [-0.2, 0) is 0 Å². The largest absolute Gasteiger partial charge is 0.495 e. The predicted molar refractivity (Wildman–Crippen MR) is 87.0 cm³/mol. The molecular formula is C16H27N3O2. The van der Waals surface area contributed by atoms with Crippen LogP contribution >= 0.6 is 0 Å². The van der Waals surface area contributed by atoms with Crippen molar-refractivity contribution >= 4 is 11.5 Å². The van der Waals surface area contributed by atoms with Gasteiger partial charge in [0.05, 0.1) is 19.3 Å². The summed E-state index contributed by atoms with van der Waals surface area (Å²) in [5.74, 6) is 0.644. The summed E-state index contributed by atoms with van der Waals surface area (Å²) in [6, 6.07) is 5.14. The summed E-state index contributed by atoms with van der Waals surface area (Å²) < 4.78 is 5.08. The van der Waals surface area contributed by atoms with Crippen molar-refractivity contribution in [1.82, 2.24) is 10.2 Å². The fourth-order valence-electron chi connectivity index (χ4n) is 2.18. The average Bonchev–Trinajstić information content (AvgIpc) is 2.50. The van der Waals surface area contributed by atoms with Gasteiger partial charge in [-0.1, -0.05) is 13.8 Å². The van der Waals surface area contributed by atoms with Crippen LogP contribution in [0.4, 0.5) is 5.69 Å². The molecule has 0 unspecified atom stereocenters. The highest BCUT2D eigenvalue weighted by Gasteiger charge is 2.08. The average molecular weight is 293 g/mol. The molecule has 3 N–H and O–H groups in total. The second-order valence-corrected chi connectivity index (χ2v) is 4.94. The molecule has 0 spiro atoms. The Kier molecular flexibility index (Phi) is 7.79. The minimum atomic E-state index is 0.0483. The number of nitrogens with one attached hydrogen (secondary N) is 1. The molecule has 5 nitrogen and oxygen atoms in total. The number of nitrogens with two attached hydrogens (primary N) is 1. The maximum Gasteiger partial charge on any atom is 0.176 e. The number of anilines is 1. The van der Waals surface area contributed by atoms with E-state index in [-0.39, 0.29) is 5.78 Å². The Morgan fingerprint density at radius 2 is 2.05 bits per heavy atom. The normalized spacial score (nSPS) is 10.9. The first kappa shape index (κ1) is 17.5. The van der Waals surface area contributed by atoms with Gasteiger partial charge in [0.2, 0.25) is 0 Å². The maximum absolute atomic E-state index is 12.0. The molecule has 118 valence electrons. The van der Waals surface area contributed by atoms with E-state index in [2.05, 4.69) is 24.1 Å². The van der Waals surface area contributed by atoms with Crippen molar-refractivity contribution in [3.63, 3.8) is 0 Å². The number of methoxy groups -OCH3 is 1. The summed E-state index contributed by atoms with van der Waals surface area (Å²) in [5.41, 5.74) is 6.91. The number of carbonyl (C=O) groups is 1. The number of nitrogens with zero attached hydrogens (tertiary/aromatic N) is 1. The molecule has 0 aromatic heterocycles. The smallest absolute Gasteiger partial charge is 0.176 e. The van der Waals surface area contributed by atoms with Crippen LogP contribution in [-0.4, -0.2) is 50.5 Å². The molecule has 0 saturated heterocycles. The molecule has 0 aliphatic carbocycles. The lowest BCUT2D eigenvalue weighted by atomic mass is 10.1. The van der Waals surface area contributed by atoms with Crippen molar-refractivity contribution in [3.8, 4) is 5.75 Å². The third kappa shape index (κ3) is 5.73. The van der Waals surface area contributed by atoms with E-state index in [0.717, 1.165) is 32.6 Å². The highest BCUT2D eigenvalue weighted by molar-refractivity contribution is 5.98. The van der Waals surface area contributed by atoms with Crippen molar-refractivity contribution in [3.05, 3.63) is 23.8 Å². The van der Waals surface area contributed by atoms with Crippen molar-refractivity contribution in [2.75, 3.05) is 45.6 Å². The van der Waals surface area contributed by atoms with Gasteiger partial charge in [0.25, 0.3) is 0 Å². The van der Waals surface area contributed by atoms with Crippen LogP contribution in [0.25, 0.3) is 0 Å². The third-order valence-electron chi connectivity index (χ3n) is 3.56. The zero-order valence-electron chi connectivity index (χ0n) is 13.3. The minimum Gasteiger partial charge on any atom is -0.495 e. The predicted octanol–water partition coefficient (Wildman–Crippen LogP) is 1.78. The van der Waals surface area contributed by atoms with Gasteiger partial charge < -0.3 is 20.7 Å². The third-order valence-corrected chi connectivity index (χ3v) is 3.56. The number of rotatable bonds is 10. The molecule has 21 heavy (non-hydrogen) atoms. The van der Waals surface area contributed by atoms with Crippen molar-refractivity contribution in [2.45, 2.75) is 20.3 Å². The Labute approximate surface area is 127 Å². The maximum atomic E-state index is 12.0. The SMILES string of the molecule is CCN(CC)CCCNCC(=O)c1ccc(OC)c(N)c1. The number of ether oxygens (including phenoxy) is 1. The van der Waals surface area contributed by atoms with Crippen molar-refractivity contribution < 1.29 is 9.53 Å². The summed E-state index contributed by atoms with van der Waals surface area (Å²) in [5, 5.41) is 3.19. The van der Waals surface area contributed by atoms with E-state index in [4.69, 9.17) is 10.5 Å². The molecular weight excluding hydrogens is 266 g/mol. The Balaban J connectivity index is 2.32. The van der Waals surface area contributed by atoms with Gasteiger partial charge in [-0.2, -0.15) is 0 Å². The van der Waals surface area contributed by atoms with Gasteiger partial charge in [0, 0.05) is 5.56 Å². The van der Waals surface area contributed by atoms with E-state index >= 15 is 0 Å². The fourth-order valence-corrected chi connectivity index (χ4v) is 2.18. The summed E-state index contributed by atoms with van der Waals surface area (Å²) >= 11 is 0. The first-order valence-electron chi connectivity index (χ1n) is 7.52. The molecule has 0 fully saturated rings. The first-order chi connectivity index (χ1) is 10.1. The van der Waals surface area contributed by atoms with E-state index in [1.165, 1.54) is 0 Å². The summed E-state index contributed by atoms with van der Waals surface area (Å²) in [4.78, 5) is 14.4. The molecule has 0 bridgehead atoms. The number of Topliss-reactive ketones (excluding diaryl/α,β-unsaturated/α-hetero) is 1. The van der Waals surface area contributed by atoms with Crippen LogP contribution in [0.15, 0.2) is 18.2 Å². The molecule has 1 aromatic rings. The van der Waals surface area contributed by atoms with Crippen LogP contribution in [0, 0.1) is 0 Å². The Bertz CT molecular complexity index is 445. The molecule has 0 aliphatic heterocycles. The molecule has 0 atom stereocenters. The van der Waals surface area contributed by atoms with E-state index in [1.807, 2.05) is 0 Å². The molecule has 0 aliphatic rings. The first-order valence-corrected chi connectivity index (χ1v) is 7.52. The van der Waals surface area contributed by atoms with Crippen LogP contribution in [0.2, 0.25) is 0 Å². The Morgan fingerprint density at radius 1 is 1.33 bits per heavy atom. The molecule has 0 amide bonds. The van der Waals surface area contributed by atoms with Gasteiger partial charge in [-0.3, -0.25) is 4.79 Å². The number of carbonyl (C=O) groups excluding carboxylic acids is 1. The summed E-state index contributed by atoms with van der Waals surface area (Å²) in [6.07, 6.45) is 1.04. The highest BCUT2D eigenvalue weighted by atomic mass is 16.5. The van der Waals surface area contributed by atoms with Crippen LogP contribution in [0.3, 0.4) is 0 Å². The van der Waals surface area contributed by atoms with E-state index < -0.39 is 0 Å². The summed E-state index contributed by atoms with van der Waals surface area (Å²) in [7, 11) is 1.56. The van der Waals surface area contributed by atoms with Crippen LogP contribution in [0.5, 0.6) is 5.75 Å². The van der Waals surface area contributed by atoms with Gasteiger partial charge in [0.1, 0.15) is 5.75 Å². The van der Waals surface area contributed by atoms with Crippen LogP contribution in [0.1, 0.15) is 30.6 Å². The number of hydrogen-bond acceptors (Lipinski definition) is 5. The van der Waals surface area contributed by atoms with Gasteiger partial charge in [-0.25, -0.2) is 0 Å². The Morgan fingerprint density at radius 3 is 2.62 bits per heavy atom. The quantitative estimate of drug-likeness (QED) is 0.391. The molecule has 0 radical (unpaired) electrons. The lowest BCUT2D eigenvalue weighted by Crippen LogP contribution is -2.29. The number of ketones is 1. The minimum absolute atomic E-state index is 0.0483. The number of hydrogen-bond donors (Lipinski definition) is 2.